The second kappa shape index (κ2) is 9.74. The summed E-state index contributed by atoms with van der Waals surface area (Å²) in [6, 6.07) is 0. The molecule has 0 saturated heterocycles. The van der Waals surface area contributed by atoms with Crippen LogP contribution in [-0.4, -0.2) is 30.3 Å². The number of rotatable bonds is 10. The van der Waals surface area contributed by atoms with E-state index in [1.165, 1.54) is 20.8 Å². The highest BCUT2D eigenvalue weighted by molar-refractivity contribution is 5.86. The Balaban J connectivity index is 4.22. The van der Waals surface area contributed by atoms with E-state index in [-0.39, 0.29) is 11.0 Å². The molecule has 0 aliphatic rings. The van der Waals surface area contributed by atoms with Gasteiger partial charge in [-0.25, -0.2) is 14.5 Å². The Morgan fingerprint density at radius 3 is 2.04 bits per heavy atom. The second-order valence-corrected chi connectivity index (χ2v) is 6.81. The molecule has 0 radical (unpaired) electrons. The summed E-state index contributed by atoms with van der Waals surface area (Å²) in [6.45, 7) is 17.5. The van der Waals surface area contributed by atoms with Crippen LogP contribution in [0.25, 0.3) is 0 Å². The average molecular weight is 362 g/mol. The molecule has 0 fully saturated rings. The maximum atomic E-state index is 11.5. The Hall–Kier alpha value is -1.64. The van der Waals surface area contributed by atoms with Crippen molar-refractivity contribution >= 4 is 12.1 Å². The van der Waals surface area contributed by atoms with Gasteiger partial charge in [-0.1, -0.05) is 27.4 Å². The SMILES string of the molecule is C=C(C)C(=O)OC(C)OC(C)OC(=O)OOOC(C)(C)C(C)(C)CC. The summed E-state index contributed by atoms with van der Waals surface area (Å²) >= 11 is 0. The van der Waals surface area contributed by atoms with E-state index in [0.717, 1.165) is 6.42 Å². The average Bonchev–Trinajstić information content (AvgIpc) is 2.45. The van der Waals surface area contributed by atoms with Crippen LogP contribution >= 0.6 is 0 Å². The molecule has 8 heteroatoms. The molecule has 0 aliphatic carbocycles. The van der Waals surface area contributed by atoms with Crippen molar-refractivity contribution < 1.29 is 38.6 Å². The molecule has 0 spiro atoms. The number of ether oxygens (including phenoxy) is 3. The molecule has 0 saturated carbocycles. The Labute approximate surface area is 149 Å². The van der Waals surface area contributed by atoms with Gasteiger partial charge in [0.2, 0.25) is 12.6 Å². The summed E-state index contributed by atoms with van der Waals surface area (Å²) in [4.78, 5) is 32.4. The van der Waals surface area contributed by atoms with Crippen LogP contribution in [-0.2, 0) is 33.8 Å². The van der Waals surface area contributed by atoms with Crippen LogP contribution in [0.15, 0.2) is 12.2 Å². The molecule has 0 N–H and O–H groups in total. The molecule has 2 unspecified atom stereocenters. The lowest BCUT2D eigenvalue weighted by Crippen LogP contribution is -2.41. The van der Waals surface area contributed by atoms with E-state index in [9.17, 15) is 9.59 Å². The normalized spacial score (nSPS) is 14.4. The van der Waals surface area contributed by atoms with Gasteiger partial charge in [-0.3, -0.25) is 0 Å². The summed E-state index contributed by atoms with van der Waals surface area (Å²) in [6.07, 6.45) is -2.30. The van der Waals surface area contributed by atoms with Crippen molar-refractivity contribution in [2.45, 2.75) is 80.0 Å². The first-order chi connectivity index (χ1) is 11.3. The number of carbonyl (C=O) groups excluding carboxylic acids is 2. The van der Waals surface area contributed by atoms with E-state index in [1.807, 2.05) is 34.6 Å². The Bertz CT molecular complexity index is 469. The Morgan fingerprint density at radius 2 is 1.56 bits per heavy atom. The van der Waals surface area contributed by atoms with Gasteiger partial charge in [0.15, 0.2) is 0 Å². The lowest BCUT2D eigenvalue weighted by Gasteiger charge is -2.38. The molecule has 25 heavy (non-hydrogen) atoms. The van der Waals surface area contributed by atoms with Crippen molar-refractivity contribution in [3.8, 4) is 0 Å². The van der Waals surface area contributed by atoms with Crippen molar-refractivity contribution in [1.29, 1.82) is 0 Å². The first-order valence-corrected chi connectivity index (χ1v) is 8.07. The number of esters is 1. The maximum absolute atomic E-state index is 11.5. The van der Waals surface area contributed by atoms with Crippen LogP contribution in [0.5, 0.6) is 0 Å². The van der Waals surface area contributed by atoms with Gasteiger partial charge in [0, 0.05) is 5.57 Å². The van der Waals surface area contributed by atoms with E-state index in [1.54, 1.807) is 0 Å². The Morgan fingerprint density at radius 1 is 1.04 bits per heavy atom. The zero-order chi connectivity index (χ0) is 19.8. The maximum Gasteiger partial charge on any atom is 0.544 e. The van der Waals surface area contributed by atoms with Gasteiger partial charge in [-0.05, 0) is 51.5 Å². The highest BCUT2D eigenvalue weighted by Gasteiger charge is 2.38. The molecule has 0 rings (SSSR count). The standard InChI is InChI=1S/C17H30O8/c1-10-16(6,7)17(8,9)24-25-23-15(19)22-13(5)20-12(4)21-14(18)11(2)3/h12-13H,2,10H2,1,3-9H3. The van der Waals surface area contributed by atoms with Crippen molar-refractivity contribution in [1.82, 2.24) is 0 Å². The molecule has 2 atom stereocenters. The molecule has 8 nitrogen and oxygen atoms in total. The van der Waals surface area contributed by atoms with E-state index >= 15 is 0 Å². The van der Waals surface area contributed by atoms with Crippen LogP contribution in [0.1, 0.15) is 61.8 Å². The monoisotopic (exact) mass is 362 g/mol. The molecule has 0 heterocycles. The summed E-state index contributed by atoms with van der Waals surface area (Å²) < 4.78 is 14.8. The van der Waals surface area contributed by atoms with Crippen molar-refractivity contribution in [2.75, 3.05) is 0 Å². The zero-order valence-corrected chi connectivity index (χ0v) is 16.3. The fourth-order valence-electron chi connectivity index (χ4n) is 1.40. The fraction of sp³-hybridized carbons (Fsp3) is 0.765. The van der Waals surface area contributed by atoms with Crippen molar-refractivity contribution in [2.24, 2.45) is 5.41 Å². The van der Waals surface area contributed by atoms with E-state index in [0.29, 0.717) is 0 Å². The third kappa shape index (κ3) is 8.33. The number of hydrogen-bond acceptors (Lipinski definition) is 8. The van der Waals surface area contributed by atoms with Crippen LogP contribution in [0.4, 0.5) is 4.79 Å². The molecule has 0 bridgehead atoms. The third-order valence-corrected chi connectivity index (χ3v) is 4.13. The highest BCUT2D eigenvalue weighted by Crippen LogP contribution is 2.36. The van der Waals surface area contributed by atoms with Crippen LogP contribution in [0, 0.1) is 5.41 Å². The topological polar surface area (TPSA) is 89.5 Å². The second-order valence-electron chi connectivity index (χ2n) is 6.81. The smallest absolute Gasteiger partial charge is 0.433 e. The van der Waals surface area contributed by atoms with Gasteiger partial charge in [0.25, 0.3) is 0 Å². The number of hydrogen-bond donors (Lipinski definition) is 0. The minimum absolute atomic E-state index is 0.209. The fourth-order valence-corrected chi connectivity index (χ4v) is 1.40. The molecule has 0 aromatic carbocycles. The molecular formula is C17H30O8. The van der Waals surface area contributed by atoms with E-state index in [4.69, 9.17) is 19.1 Å². The minimum Gasteiger partial charge on any atom is -0.433 e. The first kappa shape index (κ1) is 23.4. The zero-order valence-electron chi connectivity index (χ0n) is 16.3. The molecule has 0 aromatic rings. The van der Waals surface area contributed by atoms with E-state index < -0.39 is 30.3 Å². The molecule has 146 valence electrons. The van der Waals surface area contributed by atoms with Gasteiger partial charge in [0.05, 0.1) is 0 Å². The molecule has 0 aromatic heterocycles. The predicted octanol–water partition coefficient (Wildman–Crippen LogP) is 4.05. The molecular weight excluding hydrogens is 332 g/mol. The summed E-state index contributed by atoms with van der Waals surface area (Å²) in [5.74, 6) is -0.611. The quantitative estimate of drug-likeness (QED) is 0.189. The molecule has 0 amide bonds. The van der Waals surface area contributed by atoms with Crippen LogP contribution < -0.4 is 0 Å². The minimum atomic E-state index is -1.16. The lowest BCUT2D eigenvalue weighted by molar-refractivity contribution is -0.527. The highest BCUT2D eigenvalue weighted by atomic mass is 17.5. The van der Waals surface area contributed by atoms with Crippen LogP contribution in [0.2, 0.25) is 0 Å². The summed E-state index contributed by atoms with van der Waals surface area (Å²) in [7, 11) is 0. The van der Waals surface area contributed by atoms with Gasteiger partial charge in [0.1, 0.15) is 5.60 Å². The lowest BCUT2D eigenvalue weighted by atomic mass is 9.75. The van der Waals surface area contributed by atoms with Gasteiger partial charge >= 0.3 is 12.1 Å². The van der Waals surface area contributed by atoms with Gasteiger partial charge < -0.3 is 14.2 Å². The van der Waals surface area contributed by atoms with Gasteiger partial charge in [-0.15, -0.1) is 0 Å². The third-order valence-electron chi connectivity index (χ3n) is 4.13. The van der Waals surface area contributed by atoms with Crippen molar-refractivity contribution in [3.63, 3.8) is 0 Å². The van der Waals surface area contributed by atoms with E-state index in [2.05, 4.69) is 16.5 Å². The first-order valence-electron chi connectivity index (χ1n) is 8.07. The summed E-state index contributed by atoms with van der Waals surface area (Å²) in [5, 5.41) is 4.52. The van der Waals surface area contributed by atoms with Gasteiger partial charge in [-0.2, -0.15) is 4.89 Å². The predicted molar refractivity (Wildman–Crippen MR) is 88.8 cm³/mol. The Kier molecular flexibility index (Phi) is 9.10. The van der Waals surface area contributed by atoms with Crippen LogP contribution in [0.3, 0.4) is 0 Å². The molecule has 0 aliphatic heterocycles. The number of carbonyl (C=O) groups is 2. The van der Waals surface area contributed by atoms with Crippen molar-refractivity contribution in [3.05, 3.63) is 12.2 Å². The summed E-state index contributed by atoms with van der Waals surface area (Å²) in [5.41, 5.74) is -0.680. The largest absolute Gasteiger partial charge is 0.544 e.